The number of nitrogens with one attached hydrogen (secondary N) is 1. The summed E-state index contributed by atoms with van der Waals surface area (Å²) in [4.78, 5) is 11.8. The van der Waals surface area contributed by atoms with E-state index in [1.54, 1.807) is 11.8 Å². The molecule has 0 saturated heterocycles. The van der Waals surface area contributed by atoms with Crippen molar-refractivity contribution >= 4 is 17.7 Å². The van der Waals surface area contributed by atoms with Gasteiger partial charge in [0, 0.05) is 24.5 Å². The Morgan fingerprint density at radius 3 is 2.78 bits per heavy atom. The second-order valence-electron chi connectivity index (χ2n) is 5.84. The van der Waals surface area contributed by atoms with Crippen molar-refractivity contribution in [3.8, 4) is 0 Å². The van der Waals surface area contributed by atoms with Crippen LogP contribution in [0, 0.1) is 20.8 Å². The highest BCUT2D eigenvalue weighted by molar-refractivity contribution is 7.99. The van der Waals surface area contributed by atoms with Crippen LogP contribution in [0.1, 0.15) is 28.9 Å². The molecular weight excluding hydrogens is 306 g/mol. The normalized spacial score (nSPS) is 10.7. The molecule has 1 amide bonds. The Bertz CT molecular complexity index is 651. The molecule has 1 aromatic heterocycles. The molecule has 0 aliphatic heterocycles. The summed E-state index contributed by atoms with van der Waals surface area (Å²) in [6, 6.07) is 10.5. The minimum Gasteiger partial charge on any atom is -0.355 e. The maximum absolute atomic E-state index is 11.8. The van der Waals surface area contributed by atoms with E-state index >= 15 is 0 Å². The van der Waals surface area contributed by atoms with Crippen LogP contribution in [0.5, 0.6) is 0 Å². The van der Waals surface area contributed by atoms with E-state index in [9.17, 15) is 4.79 Å². The molecule has 0 radical (unpaired) electrons. The molecule has 4 nitrogen and oxygen atoms in total. The highest BCUT2D eigenvalue weighted by Gasteiger charge is 2.03. The van der Waals surface area contributed by atoms with Gasteiger partial charge < -0.3 is 5.32 Å². The topological polar surface area (TPSA) is 46.9 Å². The summed E-state index contributed by atoms with van der Waals surface area (Å²) in [6.45, 7) is 7.68. The Morgan fingerprint density at radius 2 is 2.09 bits per heavy atom. The molecule has 0 bridgehead atoms. The molecule has 2 rings (SSSR count). The molecular formula is C18H25N3OS. The van der Waals surface area contributed by atoms with Crippen LogP contribution in [-0.4, -0.2) is 28.0 Å². The van der Waals surface area contributed by atoms with Gasteiger partial charge in [0.2, 0.25) is 5.91 Å². The van der Waals surface area contributed by atoms with Crippen LogP contribution in [0.4, 0.5) is 0 Å². The van der Waals surface area contributed by atoms with E-state index in [0.29, 0.717) is 12.3 Å². The first-order chi connectivity index (χ1) is 11.0. The fourth-order valence-corrected chi connectivity index (χ4v) is 3.28. The average Bonchev–Trinajstić information content (AvgIpc) is 2.82. The summed E-state index contributed by atoms with van der Waals surface area (Å²) in [5, 5.41) is 7.39. The zero-order chi connectivity index (χ0) is 16.7. The van der Waals surface area contributed by atoms with Gasteiger partial charge in [-0.05, 0) is 38.8 Å². The minimum atomic E-state index is 0.107. The third-order valence-corrected chi connectivity index (χ3v) is 4.56. The van der Waals surface area contributed by atoms with Gasteiger partial charge in [-0.15, -0.1) is 11.8 Å². The summed E-state index contributed by atoms with van der Waals surface area (Å²) >= 11 is 1.65. The summed E-state index contributed by atoms with van der Waals surface area (Å²) in [7, 11) is 0. The second-order valence-corrected chi connectivity index (χ2v) is 6.82. The SMILES string of the molecule is Cc1cccc(CSCC(=O)NCCCn2nc(C)cc2C)c1. The van der Waals surface area contributed by atoms with Crippen molar-refractivity contribution in [2.45, 2.75) is 39.5 Å². The maximum Gasteiger partial charge on any atom is 0.230 e. The van der Waals surface area contributed by atoms with Crippen LogP contribution < -0.4 is 5.32 Å². The molecule has 5 heteroatoms. The number of carbonyl (C=O) groups excluding carboxylic acids is 1. The molecule has 0 atom stereocenters. The van der Waals surface area contributed by atoms with Crippen LogP contribution in [0.15, 0.2) is 30.3 Å². The summed E-state index contributed by atoms with van der Waals surface area (Å²) in [6.07, 6.45) is 0.899. The number of hydrogen-bond acceptors (Lipinski definition) is 3. The standard InChI is InChI=1S/C18H25N3OS/c1-14-6-4-7-17(10-14)12-23-13-18(22)19-8-5-9-21-16(3)11-15(2)20-21/h4,6-7,10-11H,5,8-9,12-13H2,1-3H3,(H,19,22). The van der Waals surface area contributed by atoms with Crippen molar-refractivity contribution in [3.63, 3.8) is 0 Å². The van der Waals surface area contributed by atoms with Gasteiger partial charge in [-0.3, -0.25) is 9.48 Å². The lowest BCUT2D eigenvalue weighted by molar-refractivity contribution is -0.118. The molecule has 1 N–H and O–H groups in total. The summed E-state index contributed by atoms with van der Waals surface area (Å²) < 4.78 is 1.99. The Labute approximate surface area is 142 Å². The number of thioether (sulfide) groups is 1. The number of rotatable bonds is 8. The number of aryl methyl sites for hydroxylation is 4. The van der Waals surface area contributed by atoms with E-state index < -0.39 is 0 Å². The van der Waals surface area contributed by atoms with Crippen LogP contribution >= 0.6 is 11.8 Å². The van der Waals surface area contributed by atoms with Gasteiger partial charge in [-0.2, -0.15) is 5.10 Å². The Kier molecular flexibility index (Phi) is 6.71. The molecule has 0 fully saturated rings. The number of amides is 1. The molecule has 0 aliphatic carbocycles. The van der Waals surface area contributed by atoms with Gasteiger partial charge >= 0.3 is 0 Å². The highest BCUT2D eigenvalue weighted by atomic mass is 32.2. The molecule has 2 aromatic rings. The van der Waals surface area contributed by atoms with Crippen molar-refractivity contribution in [1.29, 1.82) is 0 Å². The highest BCUT2D eigenvalue weighted by Crippen LogP contribution is 2.13. The minimum absolute atomic E-state index is 0.107. The third kappa shape index (κ3) is 6.10. The average molecular weight is 331 g/mol. The monoisotopic (exact) mass is 331 g/mol. The zero-order valence-electron chi connectivity index (χ0n) is 14.1. The van der Waals surface area contributed by atoms with E-state index in [0.717, 1.165) is 24.4 Å². The third-order valence-electron chi connectivity index (χ3n) is 3.56. The van der Waals surface area contributed by atoms with E-state index in [1.165, 1.54) is 16.8 Å². The van der Waals surface area contributed by atoms with Crippen LogP contribution in [0.3, 0.4) is 0 Å². The van der Waals surface area contributed by atoms with Crippen molar-refractivity contribution in [1.82, 2.24) is 15.1 Å². The molecule has 1 aromatic carbocycles. The van der Waals surface area contributed by atoms with Gasteiger partial charge in [0.05, 0.1) is 11.4 Å². The Balaban J connectivity index is 1.59. The van der Waals surface area contributed by atoms with E-state index in [4.69, 9.17) is 0 Å². The second kappa shape index (κ2) is 8.77. The number of benzene rings is 1. The van der Waals surface area contributed by atoms with Crippen molar-refractivity contribution in [2.75, 3.05) is 12.3 Å². The molecule has 23 heavy (non-hydrogen) atoms. The van der Waals surface area contributed by atoms with Gasteiger partial charge in [-0.1, -0.05) is 29.8 Å². The maximum atomic E-state index is 11.8. The molecule has 1 heterocycles. The first-order valence-corrected chi connectivity index (χ1v) is 9.11. The van der Waals surface area contributed by atoms with Gasteiger partial charge in [-0.25, -0.2) is 0 Å². The molecule has 0 spiro atoms. The van der Waals surface area contributed by atoms with Gasteiger partial charge in [0.1, 0.15) is 0 Å². The van der Waals surface area contributed by atoms with Crippen LogP contribution in [0.25, 0.3) is 0 Å². The first kappa shape index (κ1) is 17.6. The van der Waals surface area contributed by atoms with Gasteiger partial charge in [0.15, 0.2) is 0 Å². The largest absolute Gasteiger partial charge is 0.355 e. The predicted molar refractivity (Wildman–Crippen MR) is 96.7 cm³/mol. The Hall–Kier alpha value is -1.75. The molecule has 124 valence electrons. The van der Waals surface area contributed by atoms with Crippen molar-refractivity contribution in [2.24, 2.45) is 0 Å². The lowest BCUT2D eigenvalue weighted by Crippen LogP contribution is -2.27. The van der Waals surface area contributed by atoms with Crippen LogP contribution in [0.2, 0.25) is 0 Å². The number of carbonyl (C=O) groups is 1. The van der Waals surface area contributed by atoms with E-state index in [-0.39, 0.29) is 5.91 Å². The Morgan fingerprint density at radius 1 is 1.26 bits per heavy atom. The summed E-state index contributed by atoms with van der Waals surface area (Å²) in [5.74, 6) is 1.49. The number of nitrogens with zero attached hydrogens (tertiary/aromatic N) is 2. The summed E-state index contributed by atoms with van der Waals surface area (Å²) in [5.41, 5.74) is 4.74. The molecule has 0 saturated carbocycles. The molecule has 0 aliphatic rings. The zero-order valence-corrected chi connectivity index (χ0v) is 14.9. The predicted octanol–water partition coefficient (Wildman–Crippen LogP) is 3.25. The smallest absolute Gasteiger partial charge is 0.230 e. The lowest BCUT2D eigenvalue weighted by Gasteiger charge is -2.07. The number of aromatic nitrogens is 2. The van der Waals surface area contributed by atoms with E-state index in [2.05, 4.69) is 54.6 Å². The molecule has 0 unspecified atom stereocenters. The van der Waals surface area contributed by atoms with Crippen molar-refractivity contribution < 1.29 is 4.79 Å². The van der Waals surface area contributed by atoms with E-state index in [1.807, 2.05) is 11.6 Å². The van der Waals surface area contributed by atoms with Crippen LogP contribution in [-0.2, 0) is 17.1 Å². The first-order valence-electron chi connectivity index (χ1n) is 7.95. The number of hydrogen-bond donors (Lipinski definition) is 1. The fraction of sp³-hybridized carbons (Fsp3) is 0.444. The lowest BCUT2D eigenvalue weighted by atomic mass is 10.2. The fourth-order valence-electron chi connectivity index (χ4n) is 2.47. The quantitative estimate of drug-likeness (QED) is 0.755. The van der Waals surface area contributed by atoms with Crippen molar-refractivity contribution in [3.05, 3.63) is 52.8 Å². The van der Waals surface area contributed by atoms with Gasteiger partial charge in [0.25, 0.3) is 0 Å².